The molecule has 0 aliphatic heterocycles. The Kier molecular flexibility index (Phi) is 5.52. The monoisotopic (exact) mass is 388 g/mol. The molecule has 0 saturated carbocycles. The SMILES string of the molecule is COc1cc(C)c(S(=O)(=O)NCCc2nnc(-c3cccnc3)o2)c(C)c1. The lowest BCUT2D eigenvalue weighted by atomic mass is 10.1. The summed E-state index contributed by atoms with van der Waals surface area (Å²) in [6, 6.07) is 6.97. The Bertz CT molecular complexity index is 1010. The van der Waals surface area contributed by atoms with Gasteiger partial charge in [0.2, 0.25) is 21.8 Å². The molecular weight excluding hydrogens is 368 g/mol. The fourth-order valence-corrected chi connectivity index (χ4v) is 4.26. The topological polar surface area (TPSA) is 107 Å². The van der Waals surface area contributed by atoms with Crippen molar-refractivity contribution >= 4 is 10.0 Å². The molecule has 142 valence electrons. The summed E-state index contributed by atoms with van der Waals surface area (Å²) >= 11 is 0. The van der Waals surface area contributed by atoms with Gasteiger partial charge in [-0.3, -0.25) is 4.98 Å². The summed E-state index contributed by atoms with van der Waals surface area (Å²) in [5, 5.41) is 7.91. The number of nitrogens with zero attached hydrogens (tertiary/aromatic N) is 3. The van der Waals surface area contributed by atoms with Gasteiger partial charge in [-0.2, -0.15) is 0 Å². The zero-order valence-corrected chi connectivity index (χ0v) is 16.1. The van der Waals surface area contributed by atoms with Crippen molar-refractivity contribution in [1.29, 1.82) is 0 Å². The molecule has 3 aromatic rings. The van der Waals surface area contributed by atoms with Crippen molar-refractivity contribution in [2.75, 3.05) is 13.7 Å². The zero-order valence-electron chi connectivity index (χ0n) is 15.3. The third-order valence-corrected chi connectivity index (χ3v) is 5.71. The Hall–Kier alpha value is -2.78. The Morgan fingerprint density at radius 2 is 1.93 bits per heavy atom. The molecule has 0 fully saturated rings. The summed E-state index contributed by atoms with van der Waals surface area (Å²) in [5.74, 6) is 1.32. The van der Waals surface area contributed by atoms with Gasteiger partial charge in [0.15, 0.2) is 0 Å². The minimum atomic E-state index is -3.67. The maximum atomic E-state index is 12.7. The zero-order chi connectivity index (χ0) is 19.4. The minimum Gasteiger partial charge on any atom is -0.497 e. The molecule has 0 aliphatic carbocycles. The van der Waals surface area contributed by atoms with Crippen LogP contribution >= 0.6 is 0 Å². The molecule has 0 radical (unpaired) electrons. The van der Waals surface area contributed by atoms with Gasteiger partial charge in [-0.05, 0) is 49.2 Å². The molecule has 1 aromatic carbocycles. The van der Waals surface area contributed by atoms with Gasteiger partial charge in [0, 0.05) is 25.4 Å². The molecule has 2 aromatic heterocycles. The molecule has 0 atom stereocenters. The van der Waals surface area contributed by atoms with Crippen LogP contribution in [-0.2, 0) is 16.4 Å². The van der Waals surface area contributed by atoms with Gasteiger partial charge < -0.3 is 9.15 Å². The number of rotatable bonds is 7. The van der Waals surface area contributed by atoms with Crippen LogP contribution in [0.4, 0.5) is 0 Å². The van der Waals surface area contributed by atoms with Gasteiger partial charge in [0.1, 0.15) is 5.75 Å². The van der Waals surface area contributed by atoms with Crippen LogP contribution < -0.4 is 9.46 Å². The molecule has 1 N–H and O–H groups in total. The molecule has 0 amide bonds. The quantitative estimate of drug-likeness (QED) is 0.661. The van der Waals surface area contributed by atoms with E-state index in [9.17, 15) is 8.42 Å². The number of aryl methyl sites for hydroxylation is 2. The summed E-state index contributed by atoms with van der Waals surface area (Å²) in [5.41, 5.74) is 1.95. The van der Waals surface area contributed by atoms with Crippen molar-refractivity contribution in [3.05, 3.63) is 53.7 Å². The van der Waals surface area contributed by atoms with E-state index in [1.165, 1.54) is 0 Å². The van der Waals surface area contributed by atoms with Crippen LogP contribution in [-0.4, -0.2) is 37.3 Å². The third kappa shape index (κ3) is 4.32. The predicted molar refractivity (Wildman–Crippen MR) is 98.9 cm³/mol. The van der Waals surface area contributed by atoms with E-state index in [-0.39, 0.29) is 17.9 Å². The van der Waals surface area contributed by atoms with E-state index >= 15 is 0 Å². The second-order valence-electron chi connectivity index (χ2n) is 5.98. The molecule has 0 aliphatic rings. The maximum Gasteiger partial charge on any atom is 0.249 e. The van der Waals surface area contributed by atoms with Gasteiger partial charge in [-0.15, -0.1) is 10.2 Å². The highest BCUT2D eigenvalue weighted by Crippen LogP contribution is 2.25. The molecule has 0 bridgehead atoms. The van der Waals surface area contributed by atoms with Crippen molar-refractivity contribution in [2.45, 2.75) is 25.2 Å². The second kappa shape index (κ2) is 7.85. The van der Waals surface area contributed by atoms with Crippen molar-refractivity contribution < 1.29 is 17.6 Å². The van der Waals surface area contributed by atoms with Gasteiger partial charge >= 0.3 is 0 Å². The molecule has 2 heterocycles. The summed E-state index contributed by atoms with van der Waals surface area (Å²) in [4.78, 5) is 4.25. The summed E-state index contributed by atoms with van der Waals surface area (Å²) in [6.07, 6.45) is 3.55. The first-order valence-electron chi connectivity index (χ1n) is 8.28. The van der Waals surface area contributed by atoms with E-state index < -0.39 is 10.0 Å². The van der Waals surface area contributed by atoms with Gasteiger partial charge in [-0.1, -0.05) is 0 Å². The van der Waals surface area contributed by atoms with E-state index in [4.69, 9.17) is 9.15 Å². The number of ether oxygens (including phenoxy) is 1. The minimum absolute atomic E-state index is 0.141. The molecule has 9 heteroatoms. The van der Waals surface area contributed by atoms with Crippen LogP contribution in [0.2, 0.25) is 0 Å². The number of aromatic nitrogens is 3. The van der Waals surface area contributed by atoms with Crippen LogP contribution in [0, 0.1) is 13.8 Å². The van der Waals surface area contributed by atoms with E-state index in [0.29, 0.717) is 34.2 Å². The van der Waals surface area contributed by atoms with Crippen molar-refractivity contribution in [1.82, 2.24) is 19.9 Å². The smallest absolute Gasteiger partial charge is 0.249 e. The molecule has 0 unspecified atom stereocenters. The number of sulfonamides is 1. The maximum absolute atomic E-state index is 12.7. The van der Waals surface area contributed by atoms with Crippen LogP contribution in [0.5, 0.6) is 5.75 Å². The van der Waals surface area contributed by atoms with Crippen LogP contribution in [0.1, 0.15) is 17.0 Å². The van der Waals surface area contributed by atoms with Crippen molar-refractivity contribution in [2.24, 2.45) is 0 Å². The summed E-state index contributed by atoms with van der Waals surface area (Å²) in [7, 11) is -2.12. The highest BCUT2D eigenvalue weighted by molar-refractivity contribution is 7.89. The Balaban J connectivity index is 1.68. The number of hydrogen-bond donors (Lipinski definition) is 1. The number of benzene rings is 1. The number of pyridine rings is 1. The van der Waals surface area contributed by atoms with E-state index in [1.54, 1.807) is 51.6 Å². The first-order chi connectivity index (χ1) is 12.9. The molecule has 27 heavy (non-hydrogen) atoms. The average molecular weight is 388 g/mol. The number of hydrogen-bond acceptors (Lipinski definition) is 7. The summed E-state index contributed by atoms with van der Waals surface area (Å²) < 4.78 is 38.6. The first kappa shape index (κ1) is 19.0. The standard InChI is InChI=1S/C18H20N4O4S/c1-12-9-15(25-3)10-13(2)17(12)27(23,24)20-8-6-16-21-22-18(26-16)14-5-4-7-19-11-14/h4-5,7,9-11,20H,6,8H2,1-3H3. The van der Waals surface area contributed by atoms with Gasteiger partial charge in [0.25, 0.3) is 0 Å². The lowest BCUT2D eigenvalue weighted by Gasteiger charge is -2.13. The number of nitrogens with one attached hydrogen (secondary N) is 1. The van der Waals surface area contributed by atoms with E-state index in [1.807, 2.05) is 6.07 Å². The van der Waals surface area contributed by atoms with Gasteiger partial charge in [0.05, 0.1) is 17.6 Å². The lowest BCUT2D eigenvalue weighted by molar-refractivity contribution is 0.413. The predicted octanol–water partition coefficient (Wildman–Crippen LogP) is 2.28. The average Bonchev–Trinajstić information content (AvgIpc) is 3.10. The highest BCUT2D eigenvalue weighted by atomic mass is 32.2. The Morgan fingerprint density at radius 1 is 1.19 bits per heavy atom. The second-order valence-corrected chi connectivity index (χ2v) is 7.68. The van der Waals surface area contributed by atoms with Gasteiger partial charge in [-0.25, -0.2) is 13.1 Å². The van der Waals surface area contributed by atoms with Crippen LogP contribution in [0.25, 0.3) is 11.5 Å². The van der Waals surface area contributed by atoms with Crippen molar-refractivity contribution in [3.8, 4) is 17.2 Å². The Morgan fingerprint density at radius 3 is 2.56 bits per heavy atom. The Labute approximate surface area is 157 Å². The van der Waals surface area contributed by atoms with Crippen LogP contribution in [0.3, 0.4) is 0 Å². The molecule has 0 spiro atoms. The van der Waals surface area contributed by atoms with Crippen molar-refractivity contribution in [3.63, 3.8) is 0 Å². The summed E-state index contributed by atoms with van der Waals surface area (Å²) in [6.45, 7) is 3.62. The van der Waals surface area contributed by atoms with E-state index in [2.05, 4.69) is 19.9 Å². The molecule has 3 rings (SSSR count). The third-order valence-electron chi connectivity index (χ3n) is 3.94. The largest absolute Gasteiger partial charge is 0.497 e. The molecule has 0 saturated heterocycles. The van der Waals surface area contributed by atoms with E-state index in [0.717, 1.165) is 0 Å². The van der Waals surface area contributed by atoms with Crippen LogP contribution in [0.15, 0.2) is 46.0 Å². The highest BCUT2D eigenvalue weighted by Gasteiger charge is 2.20. The fraction of sp³-hybridized carbons (Fsp3) is 0.278. The lowest BCUT2D eigenvalue weighted by Crippen LogP contribution is -2.27. The first-order valence-corrected chi connectivity index (χ1v) is 9.76. The molecular formula is C18H20N4O4S. The number of methoxy groups -OCH3 is 1. The molecule has 8 nitrogen and oxygen atoms in total. The fourth-order valence-electron chi connectivity index (χ4n) is 2.78. The normalized spacial score (nSPS) is 11.5.